The van der Waals surface area contributed by atoms with Crippen LogP contribution < -0.4 is 0 Å². The zero-order valence-corrected chi connectivity index (χ0v) is 30.9. The summed E-state index contributed by atoms with van der Waals surface area (Å²) in [6.45, 7) is 3.70. The Morgan fingerprint density at radius 3 is 1.11 bits per heavy atom. The van der Waals surface area contributed by atoms with Gasteiger partial charge in [0.2, 0.25) is 0 Å². The highest BCUT2D eigenvalue weighted by Crippen LogP contribution is 2.36. The van der Waals surface area contributed by atoms with Crippen molar-refractivity contribution in [1.29, 1.82) is 0 Å². The zero-order chi connectivity index (χ0) is 34.0. The van der Waals surface area contributed by atoms with E-state index in [1.54, 1.807) is 0 Å². The Bertz CT molecular complexity index is 726. The van der Waals surface area contributed by atoms with Crippen LogP contribution in [0.4, 0.5) is 0 Å². The molecule has 0 aliphatic carbocycles. The molecule has 8 nitrogen and oxygen atoms in total. The second-order valence-electron chi connectivity index (χ2n) is 13.3. The fourth-order valence-electron chi connectivity index (χ4n) is 5.73. The van der Waals surface area contributed by atoms with Crippen LogP contribution in [0.25, 0.3) is 0 Å². The van der Waals surface area contributed by atoms with Crippen LogP contribution >= 0.6 is 7.82 Å². The van der Waals surface area contributed by atoms with Crippen LogP contribution in [0.1, 0.15) is 206 Å². The number of phosphoric ester groups is 1. The van der Waals surface area contributed by atoms with Gasteiger partial charge in [0.25, 0.3) is 0 Å². The summed E-state index contributed by atoms with van der Waals surface area (Å²) in [4.78, 5) is 42.7. The Labute approximate surface area is 283 Å². The third-order valence-electron chi connectivity index (χ3n) is 8.63. The van der Waals surface area contributed by atoms with Gasteiger partial charge in [-0.05, 0) is 12.8 Å². The van der Waals surface area contributed by atoms with Gasteiger partial charge in [0.15, 0.2) is 6.10 Å². The van der Waals surface area contributed by atoms with Crippen LogP contribution in [0.5, 0.6) is 0 Å². The maximum atomic E-state index is 12.3. The van der Waals surface area contributed by atoms with Gasteiger partial charge >= 0.3 is 19.8 Å². The lowest BCUT2D eigenvalue weighted by Crippen LogP contribution is -2.29. The summed E-state index contributed by atoms with van der Waals surface area (Å²) in [7, 11) is -4.74. The van der Waals surface area contributed by atoms with Crippen molar-refractivity contribution in [2.24, 2.45) is 0 Å². The van der Waals surface area contributed by atoms with E-state index in [4.69, 9.17) is 19.3 Å². The van der Waals surface area contributed by atoms with Crippen LogP contribution in [0, 0.1) is 0 Å². The molecule has 0 fully saturated rings. The highest BCUT2D eigenvalue weighted by molar-refractivity contribution is 7.46. The van der Waals surface area contributed by atoms with Gasteiger partial charge in [-0.15, -0.1) is 0 Å². The Kier molecular flexibility index (Phi) is 33.2. The second kappa shape index (κ2) is 33.9. The molecule has 0 aromatic carbocycles. The average Bonchev–Trinajstić information content (AvgIpc) is 3.02. The Morgan fingerprint density at radius 1 is 0.478 bits per heavy atom. The summed E-state index contributed by atoms with van der Waals surface area (Å²) in [6, 6.07) is 0. The van der Waals surface area contributed by atoms with Gasteiger partial charge in [0.1, 0.15) is 6.61 Å². The topological polar surface area (TPSA) is 119 Å². The monoisotopic (exact) mass is 677 g/mol. The molecule has 0 bridgehead atoms. The van der Waals surface area contributed by atoms with Crippen molar-refractivity contribution in [1.82, 2.24) is 0 Å². The molecule has 0 radical (unpaired) electrons. The van der Waals surface area contributed by atoms with E-state index in [1.807, 2.05) is 0 Å². The van der Waals surface area contributed by atoms with Crippen LogP contribution in [-0.4, -0.2) is 41.0 Å². The van der Waals surface area contributed by atoms with E-state index in [1.165, 1.54) is 141 Å². The third-order valence-corrected chi connectivity index (χ3v) is 9.11. The molecule has 0 aliphatic rings. The van der Waals surface area contributed by atoms with Crippen molar-refractivity contribution in [3.63, 3.8) is 0 Å². The third kappa shape index (κ3) is 35.9. The van der Waals surface area contributed by atoms with E-state index in [-0.39, 0.29) is 19.4 Å². The maximum Gasteiger partial charge on any atom is 0.469 e. The number of phosphoric acid groups is 1. The molecule has 1 atom stereocenters. The minimum absolute atomic E-state index is 0.219. The van der Waals surface area contributed by atoms with E-state index in [0.29, 0.717) is 6.42 Å². The van der Waals surface area contributed by atoms with Crippen molar-refractivity contribution >= 4 is 19.8 Å². The first-order valence-corrected chi connectivity index (χ1v) is 20.9. The van der Waals surface area contributed by atoms with E-state index in [9.17, 15) is 14.2 Å². The fraction of sp³-hybridized carbons (Fsp3) is 0.946. The summed E-state index contributed by atoms with van der Waals surface area (Å²) < 4.78 is 26.3. The highest BCUT2D eigenvalue weighted by Gasteiger charge is 2.22. The standard InChI is InChI=1S/C37H73O8P/c1-3-5-7-9-11-13-15-17-18-20-21-23-25-27-29-31-36(38)43-33-35(34-44-46(40,41)42)45-37(39)32-30-28-26-24-22-19-16-14-12-10-8-6-4-2/h35H,3-34H2,1-2H3,(H2,40,41,42)/t35-/m1/s1. The van der Waals surface area contributed by atoms with E-state index in [2.05, 4.69) is 18.4 Å². The van der Waals surface area contributed by atoms with Crippen molar-refractivity contribution in [2.45, 2.75) is 213 Å². The average molecular weight is 677 g/mol. The number of rotatable bonds is 36. The molecule has 0 aliphatic heterocycles. The lowest BCUT2D eigenvalue weighted by Gasteiger charge is -2.18. The molecule has 0 rings (SSSR count). The second-order valence-corrected chi connectivity index (χ2v) is 14.5. The molecule has 2 N–H and O–H groups in total. The molecular weight excluding hydrogens is 603 g/mol. The molecule has 0 amide bonds. The Balaban J connectivity index is 3.90. The van der Waals surface area contributed by atoms with Gasteiger partial charge < -0.3 is 19.3 Å². The first kappa shape index (κ1) is 45.0. The molecule has 9 heteroatoms. The summed E-state index contributed by atoms with van der Waals surface area (Å²) in [5, 5.41) is 0. The van der Waals surface area contributed by atoms with Crippen LogP contribution in [0.3, 0.4) is 0 Å². The van der Waals surface area contributed by atoms with Gasteiger partial charge in [0.05, 0.1) is 6.61 Å². The van der Waals surface area contributed by atoms with E-state index < -0.39 is 32.5 Å². The fourth-order valence-corrected chi connectivity index (χ4v) is 6.09. The van der Waals surface area contributed by atoms with Gasteiger partial charge in [-0.25, -0.2) is 4.57 Å². The first-order chi connectivity index (χ1) is 22.3. The largest absolute Gasteiger partial charge is 0.469 e. The Hall–Kier alpha value is -0.950. The van der Waals surface area contributed by atoms with Crippen molar-refractivity contribution in [3.05, 3.63) is 0 Å². The molecule has 0 heterocycles. The van der Waals surface area contributed by atoms with Gasteiger partial charge in [-0.3, -0.25) is 14.1 Å². The van der Waals surface area contributed by atoms with E-state index in [0.717, 1.165) is 32.1 Å². The van der Waals surface area contributed by atoms with Crippen LogP contribution in [0.15, 0.2) is 0 Å². The number of ether oxygens (including phenoxy) is 2. The van der Waals surface area contributed by atoms with Gasteiger partial charge in [-0.1, -0.05) is 181 Å². The lowest BCUT2D eigenvalue weighted by molar-refractivity contribution is -0.161. The summed E-state index contributed by atoms with van der Waals surface area (Å²) in [6.07, 6.45) is 33.9. The van der Waals surface area contributed by atoms with Crippen molar-refractivity contribution < 1.29 is 37.9 Å². The minimum Gasteiger partial charge on any atom is -0.462 e. The molecule has 274 valence electrons. The van der Waals surface area contributed by atoms with E-state index >= 15 is 0 Å². The van der Waals surface area contributed by atoms with Crippen LogP contribution in [0.2, 0.25) is 0 Å². The first-order valence-electron chi connectivity index (χ1n) is 19.3. The molecule has 0 aromatic rings. The normalized spacial score (nSPS) is 12.3. The SMILES string of the molecule is CCCCCCCCCCCCCCCCCC(=O)OC[C@H](COP(=O)(O)O)OC(=O)CCCCCCCCCCCCCCC. The predicted octanol–water partition coefficient (Wildman–Crippen LogP) is 11.3. The number of hydrogen-bond donors (Lipinski definition) is 2. The number of unbranched alkanes of at least 4 members (excludes halogenated alkanes) is 26. The summed E-state index contributed by atoms with van der Waals surface area (Å²) >= 11 is 0. The molecular formula is C37H73O8P. The number of hydrogen-bond acceptors (Lipinski definition) is 6. The summed E-state index contributed by atoms with van der Waals surface area (Å²) in [5.41, 5.74) is 0. The number of carbonyl (C=O) groups excluding carboxylic acids is 2. The van der Waals surface area contributed by atoms with Crippen molar-refractivity contribution in [3.8, 4) is 0 Å². The lowest BCUT2D eigenvalue weighted by atomic mass is 10.0. The zero-order valence-electron chi connectivity index (χ0n) is 30.0. The maximum absolute atomic E-state index is 12.3. The van der Waals surface area contributed by atoms with Gasteiger partial charge in [0, 0.05) is 12.8 Å². The minimum atomic E-state index is -4.74. The smallest absolute Gasteiger partial charge is 0.462 e. The van der Waals surface area contributed by atoms with Crippen molar-refractivity contribution in [2.75, 3.05) is 13.2 Å². The molecule has 0 spiro atoms. The van der Waals surface area contributed by atoms with Crippen LogP contribution in [-0.2, 0) is 28.2 Å². The predicted molar refractivity (Wildman–Crippen MR) is 189 cm³/mol. The highest BCUT2D eigenvalue weighted by atomic mass is 31.2. The quantitative estimate of drug-likeness (QED) is 0.0382. The summed E-state index contributed by atoms with van der Waals surface area (Å²) in [5.74, 6) is -0.871. The molecule has 0 saturated carbocycles. The van der Waals surface area contributed by atoms with Gasteiger partial charge in [-0.2, -0.15) is 0 Å². The molecule has 0 unspecified atom stereocenters. The molecule has 0 saturated heterocycles. The molecule has 0 aromatic heterocycles. The Morgan fingerprint density at radius 2 is 0.783 bits per heavy atom. The molecule has 46 heavy (non-hydrogen) atoms. The number of esters is 2. The number of carbonyl (C=O) groups is 2.